The number of aryl methyl sites for hydroxylation is 1. The van der Waals surface area contributed by atoms with Crippen LogP contribution in [0.15, 0.2) is 29.4 Å². The second kappa shape index (κ2) is 7.59. The molecule has 1 N–H and O–H groups in total. The quantitative estimate of drug-likeness (QED) is 0.854. The van der Waals surface area contributed by atoms with Crippen molar-refractivity contribution in [2.24, 2.45) is 0 Å². The van der Waals surface area contributed by atoms with Crippen LogP contribution in [0.4, 0.5) is 4.39 Å². The number of amides is 1. The van der Waals surface area contributed by atoms with Gasteiger partial charge in [0.25, 0.3) is 0 Å². The van der Waals surface area contributed by atoms with E-state index in [0.29, 0.717) is 12.3 Å². The fourth-order valence-electron chi connectivity index (χ4n) is 2.55. The highest BCUT2D eigenvalue weighted by Gasteiger charge is 2.15. The SMILES string of the molecule is O=C(CSc1nnc2n1CCCCC2)NCc1ccc(F)cc1. The van der Waals surface area contributed by atoms with Crippen molar-refractivity contribution in [3.8, 4) is 0 Å². The summed E-state index contributed by atoms with van der Waals surface area (Å²) in [5.41, 5.74) is 0.876. The Bertz CT molecular complexity index is 671. The zero-order valence-electron chi connectivity index (χ0n) is 12.8. The second-order valence-electron chi connectivity index (χ2n) is 5.55. The summed E-state index contributed by atoms with van der Waals surface area (Å²) in [5, 5.41) is 12.1. The highest BCUT2D eigenvalue weighted by molar-refractivity contribution is 7.99. The van der Waals surface area contributed by atoms with Gasteiger partial charge in [-0.1, -0.05) is 30.3 Å². The van der Waals surface area contributed by atoms with Crippen LogP contribution in [-0.4, -0.2) is 26.4 Å². The summed E-state index contributed by atoms with van der Waals surface area (Å²) < 4.78 is 15.0. The molecule has 23 heavy (non-hydrogen) atoms. The molecule has 0 atom stereocenters. The molecule has 1 amide bonds. The van der Waals surface area contributed by atoms with Crippen molar-refractivity contribution >= 4 is 17.7 Å². The summed E-state index contributed by atoms with van der Waals surface area (Å²) >= 11 is 1.41. The minimum atomic E-state index is -0.275. The third-order valence-electron chi connectivity index (χ3n) is 3.81. The van der Waals surface area contributed by atoms with Gasteiger partial charge in [0.15, 0.2) is 5.16 Å². The fourth-order valence-corrected chi connectivity index (χ4v) is 3.36. The summed E-state index contributed by atoms with van der Waals surface area (Å²) in [7, 11) is 0. The Kier molecular flexibility index (Phi) is 5.27. The Morgan fingerprint density at radius 2 is 2.04 bits per heavy atom. The first kappa shape index (κ1) is 16.0. The molecule has 1 aliphatic rings. The first-order chi connectivity index (χ1) is 11.2. The van der Waals surface area contributed by atoms with Crippen molar-refractivity contribution < 1.29 is 9.18 Å². The van der Waals surface area contributed by atoms with Crippen LogP contribution in [0.5, 0.6) is 0 Å². The van der Waals surface area contributed by atoms with Gasteiger partial charge in [-0.2, -0.15) is 0 Å². The van der Waals surface area contributed by atoms with Gasteiger partial charge in [0.05, 0.1) is 5.75 Å². The first-order valence-electron chi connectivity index (χ1n) is 7.78. The number of thioether (sulfide) groups is 1. The number of rotatable bonds is 5. The van der Waals surface area contributed by atoms with Crippen LogP contribution in [0.1, 0.15) is 30.7 Å². The molecule has 3 rings (SSSR count). The van der Waals surface area contributed by atoms with Crippen LogP contribution in [-0.2, 0) is 24.3 Å². The lowest BCUT2D eigenvalue weighted by molar-refractivity contribution is -0.118. The molecular formula is C16H19FN4OS. The van der Waals surface area contributed by atoms with Crippen molar-refractivity contribution in [2.45, 2.75) is 43.9 Å². The maximum absolute atomic E-state index is 12.8. The standard InChI is InChI=1S/C16H19FN4OS/c17-13-7-5-12(6-8-13)10-18-15(22)11-23-16-20-19-14-4-2-1-3-9-21(14)16/h5-8H,1-4,9-11H2,(H,18,22). The summed E-state index contributed by atoms with van der Waals surface area (Å²) in [6, 6.07) is 6.12. The lowest BCUT2D eigenvalue weighted by Crippen LogP contribution is -2.24. The minimum absolute atomic E-state index is 0.0645. The number of carbonyl (C=O) groups is 1. The van der Waals surface area contributed by atoms with Crippen molar-refractivity contribution in [1.82, 2.24) is 20.1 Å². The van der Waals surface area contributed by atoms with Crippen LogP contribution in [0.25, 0.3) is 0 Å². The zero-order valence-corrected chi connectivity index (χ0v) is 13.6. The van der Waals surface area contributed by atoms with Gasteiger partial charge in [0.2, 0.25) is 5.91 Å². The Labute approximate surface area is 138 Å². The maximum Gasteiger partial charge on any atom is 0.230 e. The number of hydrogen-bond donors (Lipinski definition) is 1. The first-order valence-corrected chi connectivity index (χ1v) is 8.77. The van der Waals surface area contributed by atoms with E-state index >= 15 is 0 Å². The average molecular weight is 334 g/mol. The van der Waals surface area contributed by atoms with Gasteiger partial charge in [0, 0.05) is 19.5 Å². The number of fused-ring (bicyclic) bond motifs is 1. The number of aromatic nitrogens is 3. The molecule has 5 nitrogen and oxygen atoms in total. The van der Waals surface area contributed by atoms with E-state index in [-0.39, 0.29) is 11.7 Å². The average Bonchev–Trinajstić information content (AvgIpc) is 2.79. The molecule has 0 fully saturated rings. The molecule has 0 saturated heterocycles. The van der Waals surface area contributed by atoms with Gasteiger partial charge in [0.1, 0.15) is 11.6 Å². The van der Waals surface area contributed by atoms with Crippen molar-refractivity contribution in [2.75, 3.05) is 5.75 Å². The molecule has 2 aromatic rings. The third-order valence-corrected chi connectivity index (χ3v) is 4.78. The highest BCUT2D eigenvalue weighted by atomic mass is 32.2. The van der Waals surface area contributed by atoms with Crippen LogP contribution < -0.4 is 5.32 Å². The number of nitrogens with zero attached hydrogens (tertiary/aromatic N) is 3. The molecule has 1 aromatic heterocycles. The maximum atomic E-state index is 12.8. The molecule has 0 unspecified atom stereocenters. The van der Waals surface area contributed by atoms with Crippen molar-refractivity contribution in [1.29, 1.82) is 0 Å². The molecule has 0 bridgehead atoms. The van der Waals surface area contributed by atoms with E-state index in [9.17, 15) is 9.18 Å². The topological polar surface area (TPSA) is 59.8 Å². The third kappa shape index (κ3) is 4.31. The predicted molar refractivity (Wildman–Crippen MR) is 86.5 cm³/mol. The number of benzene rings is 1. The second-order valence-corrected chi connectivity index (χ2v) is 6.50. The van der Waals surface area contributed by atoms with Gasteiger partial charge in [-0.25, -0.2) is 4.39 Å². The number of carbonyl (C=O) groups excluding carboxylic acids is 1. The molecule has 0 saturated carbocycles. The lowest BCUT2D eigenvalue weighted by Gasteiger charge is -2.07. The summed E-state index contributed by atoms with van der Waals surface area (Å²) in [4.78, 5) is 12.0. The molecule has 0 aliphatic carbocycles. The van der Waals surface area contributed by atoms with Gasteiger partial charge >= 0.3 is 0 Å². The number of hydrogen-bond acceptors (Lipinski definition) is 4. The van der Waals surface area contributed by atoms with Gasteiger partial charge in [-0.05, 0) is 30.5 Å². The van der Waals surface area contributed by atoms with Gasteiger partial charge in [-0.15, -0.1) is 10.2 Å². The Hall–Kier alpha value is -1.89. The predicted octanol–water partition coefficient (Wildman–Crippen LogP) is 2.55. The van der Waals surface area contributed by atoms with E-state index in [1.165, 1.54) is 30.3 Å². The van der Waals surface area contributed by atoms with Crippen LogP contribution in [0.2, 0.25) is 0 Å². The molecule has 2 heterocycles. The molecule has 0 spiro atoms. The molecule has 1 aliphatic heterocycles. The minimum Gasteiger partial charge on any atom is -0.351 e. The zero-order chi connectivity index (χ0) is 16.1. The summed E-state index contributed by atoms with van der Waals surface area (Å²) in [6.45, 7) is 1.33. The van der Waals surface area contributed by atoms with Crippen molar-refractivity contribution in [3.63, 3.8) is 0 Å². The molecule has 0 radical (unpaired) electrons. The van der Waals surface area contributed by atoms with Crippen LogP contribution in [0, 0.1) is 5.82 Å². The highest BCUT2D eigenvalue weighted by Crippen LogP contribution is 2.21. The van der Waals surface area contributed by atoms with E-state index in [1.807, 2.05) is 0 Å². The van der Waals surface area contributed by atoms with Gasteiger partial charge in [-0.3, -0.25) is 4.79 Å². The van der Waals surface area contributed by atoms with E-state index in [2.05, 4.69) is 20.1 Å². The largest absolute Gasteiger partial charge is 0.351 e. The smallest absolute Gasteiger partial charge is 0.230 e. The van der Waals surface area contributed by atoms with E-state index < -0.39 is 0 Å². The van der Waals surface area contributed by atoms with E-state index in [0.717, 1.165) is 42.4 Å². The Morgan fingerprint density at radius 1 is 1.22 bits per heavy atom. The fraction of sp³-hybridized carbons (Fsp3) is 0.438. The Morgan fingerprint density at radius 3 is 2.87 bits per heavy atom. The molecule has 1 aromatic carbocycles. The Balaban J connectivity index is 1.49. The van der Waals surface area contributed by atoms with Crippen molar-refractivity contribution in [3.05, 3.63) is 41.5 Å². The number of halogens is 1. The normalized spacial score (nSPS) is 14.1. The molecule has 122 valence electrons. The monoisotopic (exact) mass is 334 g/mol. The van der Waals surface area contributed by atoms with Gasteiger partial charge < -0.3 is 9.88 Å². The van der Waals surface area contributed by atoms with Crippen LogP contribution >= 0.6 is 11.8 Å². The lowest BCUT2D eigenvalue weighted by atomic mass is 10.2. The number of nitrogens with one attached hydrogen (secondary N) is 1. The summed E-state index contributed by atoms with van der Waals surface area (Å²) in [5.74, 6) is 0.990. The van der Waals surface area contributed by atoms with Crippen LogP contribution in [0.3, 0.4) is 0 Å². The molecule has 7 heteroatoms. The summed E-state index contributed by atoms with van der Waals surface area (Å²) in [6.07, 6.45) is 4.46. The van der Waals surface area contributed by atoms with E-state index in [1.54, 1.807) is 12.1 Å². The van der Waals surface area contributed by atoms with E-state index in [4.69, 9.17) is 0 Å². The molecular weight excluding hydrogens is 315 g/mol.